The molecule has 0 radical (unpaired) electrons. The van der Waals surface area contributed by atoms with Gasteiger partial charge in [0.05, 0.1) is 5.60 Å². The molecule has 1 aliphatic carbocycles. The first kappa shape index (κ1) is 16.3. The molecule has 1 atom stereocenters. The minimum Gasteiger partial charge on any atom is -0.374 e. The van der Waals surface area contributed by atoms with Crippen LogP contribution < -0.4 is 5.32 Å². The molecule has 2 rings (SSSR count). The van der Waals surface area contributed by atoms with Gasteiger partial charge in [0, 0.05) is 19.2 Å². The van der Waals surface area contributed by atoms with E-state index in [4.69, 9.17) is 4.74 Å². The van der Waals surface area contributed by atoms with Crippen LogP contribution in [-0.2, 0) is 4.74 Å². The Bertz CT molecular complexity index is 236. The van der Waals surface area contributed by atoms with Crippen molar-refractivity contribution in [2.45, 2.75) is 102 Å². The Hall–Kier alpha value is -0.0800. The summed E-state index contributed by atoms with van der Waals surface area (Å²) in [4.78, 5) is 0. The maximum Gasteiger partial charge on any atom is 0.0779 e. The molecular formula is C18H35NO. The van der Waals surface area contributed by atoms with Crippen LogP contribution in [0.3, 0.4) is 0 Å². The highest BCUT2D eigenvalue weighted by atomic mass is 16.5. The Morgan fingerprint density at radius 1 is 0.850 bits per heavy atom. The molecule has 20 heavy (non-hydrogen) atoms. The summed E-state index contributed by atoms with van der Waals surface area (Å²) in [6.07, 6.45) is 18.2. The third kappa shape index (κ3) is 6.13. The second-order valence-corrected chi connectivity index (χ2v) is 7.24. The van der Waals surface area contributed by atoms with Crippen molar-refractivity contribution < 1.29 is 4.74 Å². The van der Waals surface area contributed by atoms with Crippen LogP contribution in [0.2, 0.25) is 0 Å². The number of rotatable bonds is 3. The van der Waals surface area contributed by atoms with Gasteiger partial charge in [-0.05, 0) is 32.6 Å². The molecule has 1 unspecified atom stereocenters. The van der Waals surface area contributed by atoms with Crippen molar-refractivity contribution in [1.29, 1.82) is 0 Å². The van der Waals surface area contributed by atoms with Gasteiger partial charge >= 0.3 is 0 Å². The molecule has 1 N–H and O–H groups in total. The van der Waals surface area contributed by atoms with Crippen molar-refractivity contribution in [3.05, 3.63) is 0 Å². The molecule has 1 saturated heterocycles. The Morgan fingerprint density at radius 3 is 1.90 bits per heavy atom. The van der Waals surface area contributed by atoms with Crippen molar-refractivity contribution >= 4 is 0 Å². The zero-order valence-electron chi connectivity index (χ0n) is 13.6. The molecular weight excluding hydrogens is 246 g/mol. The molecule has 1 heterocycles. The standard InChI is InChI=1S/C18H35NO/c1-18(14-11-15-20-18)16-19-17-12-9-7-5-3-2-4-6-8-10-13-17/h17,19H,2-16H2,1H3. The third-order valence-corrected chi connectivity index (χ3v) is 5.17. The molecule has 2 nitrogen and oxygen atoms in total. The summed E-state index contributed by atoms with van der Waals surface area (Å²) in [5, 5.41) is 3.83. The van der Waals surface area contributed by atoms with Crippen molar-refractivity contribution in [2.24, 2.45) is 0 Å². The van der Waals surface area contributed by atoms with E-state index < -0.39 is 0 Å². The fourth-order valence-electron chi connectivity index (χ4n) is 3.70. The van der Waals surface area contributed by atoms with Crippen LogP contribution >= 0.6 is 0 Å². The van der Waals surface area contributed by atoms with E-state index in [9.17, 15) is 0 Å². The fraction of sp³-hybridized carbons (Fsp3) is 1.00. The quantitative estimate of drug-likeness (QED) is 0.801. The molecule has 0 bridgehead atoms. The molecule has 0 amide bonds. The fourth-order valence-corrected chi connectivity index (χ4v) is 3.70. The molecule has 2 fully saturated rings. The lowest BCUT2D eigenvalue weighted by Crippen LogP contribution is -2.42. The van der Waals surface area contributed by atoms with Gasteiger partial charge in [-0.25, -0.2) is 0 Å². The highest BCUT2D eigenvalue weighted by molar-refractivity contribution is 4.84. The van der Waals surface area contributed by atoms with E-state index in [0.29, 0.717) is 0 Å². The van der Waals surface area contributed by atoms with E-state index in [1.54, 1.807) is 0 Å². The molecule has 1 saturated carbocycles. The molecule has 0 spiro atoms. The normalized spacial score (nSPS) is 31.6. The molecule has 118 valence electrons. The predicted molar refractivity (Wildman–Crippen MR) is 86.2 cm³/mol. The van der Waals surface area contributed by atoms with E-state index in [0.717, 1.165) is 19.2 Å². The smallest absolute Gasteiger partial charge is 0.0779 e. The largest absolute Gasteiger partial charge is 0.374 e. The first-order valence-electron chi connectivity index (χ1n) is 9.16. The summed E-state index contributed by atoms with van der Waals surface area (Å²) < 4.78 is 5.91. The summed E-state index contributed by atoms with van der Waals surface area (Å²) in [5.74, 6) is 0. The van der Waals surface area contributed by atoms with Gasteiger partial charge in [-0.2, -0.15) is 0 Å². The predicted octanol–water partition coefficient (Wildman–Crippen LogP) is 4.82. The lowest BCUT2D eigenvalue weighted by molar-refractivity contribution is 0.0182. The minimum absolute atomic E-state index is 0.115. The SMILES string of the molecule is CC1(CNC2CCCCCCCCCCC2)CCCO1. The molecule has 2 aliphatic rings. The van der Waals surface area contributed by atoms with Gasteiger partial charge in [0.2, 0.25) is 0 Å². The van der Waals surface area contributed by atoms with E-state index >= 15 is 0 Å². The highest BCUT2D eigenvalue weighted by Crippen LogP contribution is 2.25. The zero-order valence-corrected chi connectivity index (χ0v) is 13.6. The van der Waals surface area contributed by atoms with Crippen LogP contribution in [0.5, 0.6) is 0 Å². The van der Waals surface area contributed by atoms with Gasteiger partial charge in [-0.1, -0.05) is 57.8 Å². The van der Waals surface area contributed by atoms with Crippen LogP contribution in [0, 0.1) is 0 Å². The number of ether oxygens (including phenoxy) is 1. The monoisotopic (exact) mass is 281 g/mol. The van der Waals surface area contributed by atoms with E-state index in [1.807, 2.05) is 0 Å². The molecule has 0 aromatic carbocycles. The summed E-state index contributed by atoms with van der Waals surface area (Å²) in [6.45, 7) is 4.29. The summed E-state index contributed by atoms with van der Waals surface area (Å²) >= 11 is 0. The Morgan fingerprint density at radius 2 is 1.40 bits per heavy atom. The molecule has 0 aromatic heterocycles. The molecule has 2 heteroatoms. The minimum atomic E-state index is 0.115. The van der Waals surface area contributed by atoms with Crippen LogP contribution in [0.1, 0.15) is 90.4 Å². The maximum absolute atomic E-state index is 5.91. The average Bonchev–Trinajstić information content (AvgIpc) is 2.86. The lowest BCUT2D eigenvalue weighted by Gasteiger charge is -2.28. The second-order valence-electron chi connectivity index (χ2n) is 7.24. The average molecular weight is 281 g/mol. The van der Waals surface area contributed by atoms with Crippen LogP contribution in [0.4, 0.5) is 0 Å². The van der Waals surface area contributed by atoms with Crippen molar-refractivity contribution in [3.63, 3.8) is 0 Å². The summed E-state index contributed by atoms with van der Waals surface area (Å²) in [6, 6.07) is 0.732. The first-order chi connectivity index (χ1) is 9.79. The molecule has 1 aliphatic heterocycles. The van der Waals surface area contributed by atoms with Gasteiger partial charge in [0.15, 0.2) is 0 Å². The van der Waals surface area contributed by atoms with Crippen molar-refractivity contribution in [1.82, 2.24) is 5.32 Å². The van der Waals surface area contributed by atoms with E-state index in [2.05, 4.69) is 12.2 Å². The zero-order chi connectivity index (χ0) is 14.1. The number of hydrogen-bond acceptors (Lipinski definition) is 2. The number of nitrogens with one attached hydrogen (secondary N) is 1. The van der Waals surface area contributed by atoms with Gasteiger partial charge in [-0.3, -0.25) is 0 Å². The first-order valence-corrected chi connectivity index (χ1v) is 9.16. The second kappa shape index (κ2) is 9.04. The van der Waals surface area contributed by atoms with Gasteiger partial charge < -0.3 is 10.1 Å². The maximum atomic E-state index is 5.91. The van der Waals surface area contributed by atoms with Crippen LogP contribution in [0.25, 0.3) is 0 Å². The lowest BCUT2D eigenvalue weighted by atomic mass is 9.96. The van der Waals surface area contributed by atoms with E-state index in [-0.39, 0.29) is 5.60 Å². The van der Waals surface area contributed by atoms with Gasteiger partial charge in [-0.15, -0.1) is 0 Å². The summed E-state index contributed by atoms with van der Waals surface area (Å²) in [5.41, 5.74) is 0.115. The Labute approximate surface area is 126 Å². The number of hydrogen-bond donors (Lipinski definition) is 1. The van der Waals surface area contributed by atoms with Crippen LogP contribution in [0.15, 0.2) is 0 Å². The summed E-state index contributed by atoms with van der Waals surface area (Å²) in [7, 11) is 0. The van der Waals surface area contributed by atoms with Gasteiger partial charge in [0.25, 0.3) is 0 Å². The van der Waals surface area contributed by atoms with Crippen LogP contribution in [-0.4, -0.2) is 24.8 Å². The highest BCUT2D eigenvalue weighted by Gasteiger charge is 2.29. The van der Waals surface area contributed by atoms with Crippen molar-refractivity contribution in [3.8, 4) is 0 Å². The molecule has 0 aromatic rings. The Balaban J connectivity index is 1.71. The Kier molecular flexibility index (Phi) is 7.37. The topological polar surface area (TPSA) is 21.3 Å². The third-order valence-electron chi connectivity index (χ3n) is 5.17. The van der Waals surface area contributed by atoms with Gasteiger partial charge in [0.1, 0.15) is 0 Å². The van der Waals surface area contributed by atoms with E-state index in [1.165, 1.54) is 83.5 Å². The van der Waals surface area contributed by atoms with Crippen molar-refractivity contribution in [2.75, 3.05) is 13.2 Å².